The van der Waals surface area contributed by atoms with Crippen LogP contribution in [0.1, 0.15) is 17.2 Å². The van der Waals surface area contributed by atoms with Crippen LogP contribution in [0, 0.1) is 0 Å². The molecule has 2 aliphatic heterocycles. The van der Waals surface area contributed by atoms with E-state index < -0.39 is 17.7 Å². The first-order valence-corrected chi connectivity index (χ1v) is 10.9. The van der Waals surface area contributed by atoms with Gasteiger partial charge in [0.1, 0.15) is 19.0 Å². The summed E-state index contributed by atoms with van der Waals surface area (Å²) in [5.41, 5.74) is 1.68. The average molecular weight is 492 g/mol. The standard InChI is InChI=1S/C25H18BrNO5/c26-17-7-9-18(10-8-17)27-22(15-4-2-1-3-5-15)21(24(29)25(27)30)23(28)16-6-11-19-20(14-16)32-13-12-31-19/h1-11,14,22,28H,12-13H2/b23-21-. The molecule has 0 spiro atoms. The summed E-state index contributed by atoms with van der Waals surface area (Å²) in [5.74, 6) is -0.635. The van der Waals surface area contributed by atoms with Crippen molar-refractivity contribution in [3.8, 4) is 11.5 Å². The summed E-state index contributed by atoms with van der Waals surface area (Å²) in [6, 6.07) is 20.5. The summed E-state index contributed by atoms with van der Waals surface area (Å²) >= 11 is 3.39. The summed E-state index contributed by atoms with van der Waals surface area (Å²) in [6.45, 7) is 0.847. The van der Waals surface area contributed by atoms with E-state index in [4.69, 9.17) is 9.47 Å². The van der Waals surface area contributed by atoms with Crippen LogP contribution in [0.2, 0.25) is 0 Å². The Hall–Kier alpha value is -3.58. The molecule has 0 radical (unpaired) electrons. The third-order valence-corrected chi connectivity index (χ3v) is 6.01. The van der Waals surface area contributed by atoms with Crippen LogP contribution >= 0.6 is 15.9 Å². The van der Waals surface area contributed by atoms with Crippen LogP contribution in [-0.4, -0.2) is 30.0 Å². The van der Waals surface area contributed by atoms with Crippen molar-refractivity contribution in [1.29, 1.82) is 0 Å². The summed E-state index contributed by atoms with van der Waals surface area (Å²) in [4.78, 5) is 27.7. The Balaban J connectivity index is 1.68. The van der Waals surface area contributed by atoms with Gasteiger partial charge >= 0.3 is 0 Å². The van der Waals surface area contributed by atoms with Crippen LogP contribution < -0.4 is 14.4 Å². The van der Waals surface area contributed by atoms with Gasteiger partial charge in [-0.15, -0.1) is 0 Å². The molecule has 0 aliphatic carbocycles. The molecular weight excluding hydrogens is 474 g/mol. The number of ether oxygens (including phenoxy) is 2. The highest BCUT2D eigenvalue weighted by atomic mass is 79.9. The molecule has 1 fully saturated rings. The molecule has 2 aliphatic rings. The molecular formula is C25H18BrNO5. The van der Waals surface area contributed by atoms with Crippen LogP contribution in [0.3, 0.4) is 0 Å². The third kappa shape index (κ3) is 3.44. The van der Waals surface area contributed by atoms with Crippen LogP contribution in [0.5, 0.6) is 11.5 Å². The fourth-order valence-corrected chi connectivity index (χ4v) is 4.26. The SMILES string of the molecule is O=C1C(=O)N(c2ccc(Br)cc2)C(c2ccccc2)/C1=C(/O)c1ccc2c(c1)OCCO2. The number of ketones is 1. The molecule has 32 heavy (non-hydrogen) atoms. The molecule has 3 aromatic carbocycles. The van der Waals surface area contributed by atoms with Gasteiger partial charge in [0.2, 0.25) is 0 Å². The van der Waals surface area contributed by atoms with E-state index in [1.165, 1.54) is 4.90 Å². The number of Topliss-reactive ketones (excluding diaryl/α,β-unsaturated/α-hetero) is 1. The van der Waals surface area contributed by atoms with Crippen molar-refractivity contribution in [2.45, 2.75) is 6.04 Å². The molecule has 0 aromatic heterocycles. The van der Waals surface area contributed by atoms with E-state index in [9.17, 15) is 14.7 Å². The van der Waals surface area contributed by atoms with Gasteiger partial charge in [-0.25, -0.2) is 0 Å². The fourth-order valence-electron chi connectivity index (χ4n) is 4.00. The molecule has 1 saturated heterocycles. The fraction of sp³-hybridized carbons (Fsp3) is 0.120. The van der Waals surface area contributed by atoms with Crippen molar-refractivity contribution in [2.75, 3.05) is 18.1 Å². The number of aliphatic hydroxyl groups is 1. The van der Waals surface area contributed by atoms with Gasteiger partial charge in [0.25, 0.3) is 11.7 Å². The lowest BCUT2D eigenvalue weighted by molar-refractivity contribution is -0.132. The molecule has 1 amide bonds. The van der Waals surface area contributed by atoms with Crippen LogP contribution in [0.25, 0.3) is 5.76 Å². The molecule has 2 heterocycles. The number of halogens is 1. The molecule has 1 N–H and O–H groups in total. The van der Waals surface area contributed by atoms with Gasteiger partial charge in [-0.2, -0.15) is 0 Å². The number of benzene rings is 3. The number of hydrogen-bond donors (Lipinski definition) is 1. The topological polar surface area (TPSA) is 76.1 Å². The molecule has 7 heteroatoms. The second kappa shape index (κ2) is 8.16. The molecule has 5 rings (SSSR count). The van der Waals surface area contributed by atoms with Gasteiger partial charge in [-0.05, 0) is 48.0 Å². The van der Waals surface area contributed by atoms with Crippen molar-refractivity contribution < 1.29 is 24.2 Å². The lowest BCUT2D eigenvalue weighted by atomic mass is 9.95. The Labute approximate surface area is 192 Å². The van der Waals surface area contributed by atoms with Crippen molar-refractivity contribution in [1.82, 2.24) is 0 Å². The molecule has 1 atom stereocenters. The zero-order valence-electron chi connectivity index (χ0n) is 16.8. The van der Waals surface area contributed by atoms with Gasteiger partial charge in [-0.1, -0.05) is 46.3 Å². The maximum atomic E-state index is 13.2. The van der Waals surface area contributed by atoms with Crippen molar-refractivity contribution >= 4 is 39.1 Å². The van der Waals surface area contributed by atoms with Crippen LogP contribution in [0.15, 0.2) is 82.8 Å². The van der Waals surface area contributed by atoms with Crippen LogP contribution in [-0.2, 0) is 9.59 Å². The minimum absolute atomic E-state index is 0.0285. The van der Waals surface area contributed by atoms with E-state index in [2.05, 4.69) is 15.9 Å². The second-order valence-corrected chi connectivity index (χ2v) is 8.33. The summed E-state index contributed by atoms with van der Waals surface area (Å²) in [7, 11) is 0. The largest absolute Gasteiger partial charge is 0.507 e. The van der Waals surface area contributed by atoms with Crippen molar-refractivity contribution in [3.63, 3.8) is 0 Å². The highest BCUT2D eigenvalue weighted by molar-refractivity contribution is 9.10. The third-order valence-electron chi connectivity index (χ3n) is 5.48. The van der Waals surface area contributed by atoms with E-state index in [1.54, 1.807) is 42.5 Å². The summed E-state index contributed by atoms with van der Waals surface area (Å²) in [5, 5.41) is 11.2. The number of amides is 1. The number of anilines is 1. The van der Waals surface area contributed by atoms with E-state index in [0.717, 1.165) is 4.47 Å². The number of carbonyl (C=O) groups excluding carboxylic acids is 2. The number of carbonyl (C=O) groups is 2. The number of nitrogens with zero attached hydrogens (tertiary/aromatic N) is 1. The molecule has 6 nitrogen and oxygen atoms in total. The van der Waals surface area contributed by atoms with Crippen molar-refractivity contribution in [2.24, 2.45) is 0 Å². The van der Waals surface area contributed by atoms with Gasteiger partial charge in [0.15, 0.2) is 11.5 Å². The zero-order valence-corrected chi connectivity index (χ0v) is 18.4. The first kappa shape index (κ1) is 20.3. The highest BCUT2D eigenvalue weighted by Gasteiger charge is 2.47. The predicted molar refractivity (Wildman–Crippen MR) is 123 cm³/mol. The quantitative estimate of drug-likeness (QED) is 0.322. The molecule has 3 aromatic rings. The molecule has 1 unspecified atom stereocenters. The Bertz CT molecular complexity index is 1240. The first-order chi connectivity index (χ1) is 15.5. The lowest BCUT2D eigenvalue weighted by Crippen LogP contribution is -2.29. The Morgan fingerprint density at radius 2 is 1.59 bits per heavy atom. The lowest BCUT2D eigenvalue weighted by Gasteiger charge is -2.25. The Morgan fingerprint density at radius 3 is 2.31 bits per heavy atom. The average Bonchev–Trinajstić information content (AvgIpc) is 3.10. The first-order valence-electron chi connectivity index (χ1n) is 10.1. The number of hydrogen-bond acceptors (Lipinski definition) is 5. The van der Waals surface area contributed by atoms with E-state index in [1.807, 2.05) is 30.3 Å². The maximum absolute atomic E-state index is 13.2. The minimum Gasteiger partial charge on any atom is -0.507 e. The molecule has 160 valence electrons. The number of rotatable bonds is 3. The van der Waals surface area contributed by atoms with E-state index in [-0.39, 0.29) is 11.3 Å². The van der Waals surface area contributed by atoms with Gasteiger partial charge in [0.05, 0.1) is 11.6 Å². The minimum atomic E-state index is -0.773. The van der Waals surface area contributed by atoms with Gasteiger partial charge < -0.3 is 14.6 Å². The van der Waals surface area contributed by atoms with E-state index in [0.29, 0.717) is 41.5 Å². The monoisotopic (exact) mass is 491 g/mol. The predicted octanol–water partition coefficient (Wildman–Crippen LogP) is 4.85. The summed E-state index contributed by atoms with van der Waals surface area (Å²) < 4.78 is 12.0. The second-order valence-electron chi connectivity index (χ2n) is 7.41. The number of aliphatic hydroxyl groups excluding tert-OH is 1. The zero-order chi connectivity index (χ0) is 22.2. The Kier molecular flexibility index (Phi) is 5.19. The van der Waals surface area contributed by atoms with Crippen molar-refractivity contribution in [3.05, 3.63) is 94.0 Å². The molecule has 0 bridgehead atoms. The smallest absolute Gasteiger partial charge is 0.300 e. The highest BCUT2D eigenvalue weighted by Crippen LogP contribution is 2.43. The molecule has 0 saturated carbocycles. The Morgan fingerprint density at radius 1 is 0.906 bits per heavy atom. The summed E-state index contributed by atoms with van der Waals surface area (Å²) in [6.07, 6.45) is 0. The number of fused-ring (bicyclic) bond motifs is 1. The normalized spacial score (nSPS) is 19.3. The van der Waals surface area contributed by atoms with E-state index >= 15 is 0 Å². The maximum Gasteiger partial charge on any atom is 0.300 e. The van der Waals surface area contributed by atoms with Gasteiger partial charge in [0, 0.05) is 15.7 Å². The van der Waals surface area contributed by atoms with Gasteiger partial charge in [-0.3, -0.25) is 14.5 Å². The van der Waals surface area contributed by atoms with Crippen LogP contribution in [0.4, 0.5) is 5.69 Å².